The molecule has 1 saturated heterocycles. The predicted molar refractivity (Wildman–Crippen MR) is 197 cm³/mol. The van der Waals surface area contributed by atoms with E-state index < -0.39 is 41.9 Å². The molecule has 51 heavy (non-hydrogen) atoms. The molecular weight excluding hydrogens is 646 g/mol. The van der Waals surface area contributed by atoms with Crippen LogP contribution in [-0.4, -0.2) is 89.4 Å². The number of alkyl carbamates (subject to hydrolysis) is 1. The van der Waals surface area contributed by atoms with Gasteiger partial charge in [0.1, 0.15) is 18.0 Å². The number of hydrogen-bond donors (Lipinski definition) is 4. The number of carbonyl (C=O) groups excluding carboxylic acids is 2. The molecule has 3 aromatic carbocycles. The van der Waals surface area contributed by atoms with Crippen LogP contribution in [0, 0.1) is 5.92 Å². The van der Waals surface area contributed by atoms with Crippen molar-refractivity contribution in [2.24, 2.45) is 5.92 Å². The molecule has 5 unspecified atom stereocenters. The van der Waals surface area contributed by atoms with Crippen molar-refractivity contribution in [3.05, 3.63) is 101 Å². The molecule has 1 aliphatic heterocycles. The van der Waals surface area contributed by atoms with E-state index in [1.807, 2.05) is 78.9 Å². The number of nitrogens with zero attached hydrogens (tertiary/aromatic N) is 1. The van der Waals surface area contributed by atoms with Crippen molar-refractivity contribution in [1.82, 2.24) is 15.5 Å². The molecule has 4 N–H and O–H groups in total. The number of carbonyl (C=O) groups is 2. The number of nitrogens with one attached hydrogen (secondary N) is 2. The van der Waals surface area contributed by atoms with Crippen LogP contribution in [0.4, 0.5) is 4.79 Å². The first-order valence-electron chi connectivity index (χ1n) is 18.2. The molecule has 10 nitrogen and oxygen atoms in total. The van der Waals surface area contributed by atoms with Crippen LogP contribution >= 0.6 is 0 Å². The highest BCUT2D eigenvalue weighted by molar-refractivity contribution is 5.80. The van der Waals surface area contributed by atoms with Crippen LogP contribution in [0.25, 0.3) is 0 Å². The molecule has 0 radical (unpaired) electrons. The molecule has 0 saturated carbocycles. The lowest BCUT2D eigenvalue weighted by Crippen LogP contribution is -2.48. The van der Waals surface area contributed by atoms with Crippen molar-refractivity contribution in [3.8, 4) is 5.75 Å². The molecule has 2 amide bonds. The van der Waals surface area contributed by atoms with Crippen LogP contribution < -0.4 is 15.4 Å². The van der Waals surface area contributed by atoms with Gasteiger partial charge in [0.2, 0.25) is 5.91 Å². The Morgan fingerprint density at radius 1 is 0.922 bits per heavy atom. The van der Waals surface area contributed by atoms with Gasteiger partial charge in [0.15, 0.2) is 0 Å². The van der Waals surface area contributed by atoms with E-state index in [9.17, 15) is 19.8 Å². The molecule has 5 rings (SSSR count). The zero-order valence-corrected chi connectivity index (χ0v) is 30.6. The number of aliphatic hydroxyl groups is 2. The fraction of sp³-hybridized carbons (Fsp3) is 0.512. The number of hydrogen-bond acceptors (Lipinski definition) is 8. The van der Waals surface area contributed by atoms with Crippen LogP contribution in [-0.2, 0) is 33.5 Å². The highest BCUT2D eigenvalue weighted by Crippen LogP contribution is 2.32. The van der Waals surface area contributed by atoms with Crippen LogP contribution in [0.2, 0.25) is 0 Å². The smallest absolute Gasteiger partial charge is 0.407 e. The third kappa shape index (κ3) is 11.5. The van der Waals surface area contributed by atoms with Gasteiger partial charge in [-0.15, -0.1) is 0 Å². The summed E-state index contributed by atoms with van der Waals surface area (Å²) < 4.78 is 17.4. The molecule has 0 aromatic heterocycles. The van der Waals surface area contributed by atoms with Gasteiger partial charge < -0.3 is 35.1 Å². The van der Waals surface area contributed by atoms with E-state index in [2.05, 4.69) is 29.4 Å². The molecule has 0 bridgehead atoms. The Hall–Kier alpha value is -3.96. The summed E-state index contributed by atoms with van der Waals surface area (Å²) in [6, 6.07) is 23.8. The second-order valence-corrected chi connectivity index (χ2v) is 15.1. The van der Waals surface area contributed by atoms with Gasteiger partial charge in [-0.05, 0) is 88.3 Å². The third-order valence-electron chi connectivity index (χ3n) is 9.44. The maximum atomic E-state index is 14.1. The van der Waals surface area contributed by atoms with Crippen molar-refractivity contribution < 1.29 is 34.0 Å². The van der Waals surface area contributed by atoms with Gasteiger partial charge in [-0.2, -0.15) is 0 Å². The Morgan fingerprint density at radius 2 is 1.57 bits per heavy atom. The Bertz CT molecular complexity index is 1550. The lowest BCUT2D eigenvalue weighted by Gasteiger charge is -2.35. The lowest BCUT2D eigenvalue weighted by atomic mass is 9.88. The Morgan fingerprint density at radius 3 is 2.25 bits per heavy atom. The Balaban J connectivity index is 1.30. The summed E-state index contributed by atoms with van der Waals surface area (Å²) in [6.45, 7) is 12.6. The summed E-state index contributed by atoms with van der Waals surface area (Å²) in [5.41, 5.74) is 3.01. The normalized spacial score (nSPS) is 22.3. The first kappa shape index (κ1) is 38.3. The SMILES string of the molecule is CC1CN(CCOc2ccc(CC(CC(O)C(Cc3ccccc3)NC(=O)OC(C)(C)C)C(=O)N[C@H]3c4ccccc4C[C@@H]3O)cc2)CC(C)O1. The van der Waals surface area contributed by atoms with Crippen LogP contribution in [0.5, 0.6) is 5.75 Å². The zero-order chi connectivity index (χ0) is 36.5. The Labute approximate surface area is 302 Å². The van der Waals surface area contributed by atoms with Crippen molar-refractivity contribution in [2.45, 2.75) is 102 Å². The molecule has 1 aliphatic carbocycles. The highest BCUT2D eigenvalue weighted by atomic mass is 16.6. The molecule has 0 spiro atoms. The average molecular weight is 702 g/mol. The molecular formula is C41H55N3O7. The maximum absolute atomic E-state index is 14.1. The number of amides is 2. The van der Waals surface area contributed by atoms with Gasteiger partial charge in [-0.1, -0.05) is 66.7 Å². The fourth-order valence-corrected chi connectivity index (χ4v) is 7.13. The van der Waals surface area contributed by atoms with E-state index in [1.165, 1.54) is 0 Å². The summed E-state index contributed by atoms with van der Waals surface area (Å²) in [4.78, 5) is 29.4. The quantitative estimate of drug-likeness (QED) is 0.185. The van der Waals surface area contributed by atoms with Crippen molar-refractivity contribution in [1.29, 1.82) is 0 Å². The number of morpholine rings is 1. The van der Waals surface area contributed by atoms with Crippen LogP contribution in [0.1, 0.15) is 69.3 Å². The monoisotopic (exact) mass is 701 g/mol. The van der Waals surface area contributed by atoms with Gasteiger partial charge in [0.05, 0.1) is 36.5 Å². The summed E-state index contributed by atoms with van der Waals surface area (Å²) in [5.74, 6) is -0.208. The van der Waals surface area contributed by atoms with E-state index in [0.717, 1.165) is 47.6 Å². The number of rotatable bonds is 14. The number of fused-ring (bicyclic) bond motifs is 1. The topological polar surface area (TPSA) is 130 Å². The molecule has 1 heterocycles. The first-order valence-corrected chi connectivity index (χ1v) is 18.2. The average Bonchev–Trinajstić information content (AvgIpc) is 3.38. The molecule has 3 aromatic rings. The maximum Gasteiger partial charge on any atom is 0.407 e. The van der Waals surface area contributed by atoms with E-state index in [4.69, 9.17) is 14.2 Å². The first-order chi connectivity index (χ1) is 24.3. The molecule has 10 heteroatoms. The van der Waals surface area contributed by atoms with Gasteiger partial charge in [0, 0.05) is 32.0 Å². The highest BCUT2D eigenvalue weighted by Gasteiger charge is 2.35. The van der Waals surface area contributed by atoms with E-state index in [1.54, 1.807) is 20.8 Å². The van der Waals surface area contributed by atoms with Gasteiger partial charge in [-0.3, -0.25) is 9.69 Å². The standard InChI is InChI=1S/C41H55N3O7/c1-27-25-44(26-28(2)50-27)19-20-49-33-17-15-30(16-18-33)21-32(39(47)43-38-34-14-10-9-13-31(34)23-37(38)46)24-36(45)35(22-29-11-7-6-8-12-29)42-40(48)51-41(3,4)5/h6-18,27-28,32,35-38,45-46H,19-26H2,1-5H3,(H,42,48)(H,43,47)/t27?,28?,32?,35?,36?,37-,38-/m0/s1. The number of ether oxygens (including phenoxy) is 3. The van der Waals surface area contributed by atoms with Crippen LogP contribution in [0.3, 0.4) is 0 Å². The summed E-state index contributed by atoms with van der Waals surface area (Å²) in [5, 5.41) is 28.6. The van der Waals surface area contributed by atoms with Crippen molar-refractivity contribution >= 4 is 12.0 Å². The molecule has 2 aliphatic rings. The predicted octanol–water partition coefficient (Wildman–Crippen LogP) is 4.99. The van der Waals surface area contributed by atoms with E-state index in [-0.39, 0.29) is 24.5 Å². The van der Waals surface area contributed by atoms with E-state index >= 15 is 0 Å². The summed E-state index contributed by atoms with van der Waals surface area (Å²) >= 11 is 0. The van der Waals surface area contributed by atoms with Crippen molar-refractivity contribution in [3.63, 3.8) is 0 Å². The minimum atomic E-state index is -1.08. The van der Waals surface area contributed by atoms with Gasteiger partial charge in [-0.25, -0.2) is 4.79 Å². The minimum absolute atomic E-state index is 0.0677. The van der Waals surface area contributed by atoms with Gasteiger partial charge in [0.25, 0.3) is 0 Å². The summed E-state index contributed by atoms with van der Waals surface area (Å²) in [6.07, 6.45) is -0.867. The molecule has 276 valence electrons. The number of aliphatic hydroxyl groups excluding tert-OH is 2. The second-order valence-electron chi connectivity index (χ2n) is 15.1. The van der Waals surface area contributed by atoms with Crippen molar-refractivity contribution in [2.75, 3.05) is 26.2 Å². The summed E-state index contributed by atoms with van der Waals surface area (Å²) in [7, 11) is 0. The van der Waals surface area contributed by atoms with E-state index in [0.29, 0.717) is 25.9 Å². The molecule has 7 atom stereocenters. The minimum Gasteiger partial charge on any atom is -0.492 e. The Kier molecular flexibility index (Phi) is 13.1. The largest absolute Gasteiger partial charge is 0.492 e. The number of benzene rings is 3. The zero-order valence-electron chi connectivity index (χ0n) is 30.6. The van der Waals surface area contributed by atoms with Gasteiger partial charge >= 0.3 is 6.09 Å². The van der Waals surface area contributed by atoms with Crippen LogP contribution in [0.15, 0.2) is 78.9 Å². The second kappa shape index (κ2) is 17.5. The third-order valence-corrected chi connectivity index (χ3v) is 9.44. The lowest BCUT2D eigenvalue weighted by molar-refractivity contribution is -0.127. The fourth-order valence-electron chi connectivity index (χ4n) is 7.13. The molecule has 1 fully saturated rings.